The summed E-state index contributed by atoms with van der Waals surface area (Å²) >= 11 is 0. The molecule has 2 N–H and O–H groups in total. The number of rotatable bonds is 5. The topological polar surface area (TPSA) is 82.5 Å². The Morgan fingerprint density at radius 2 is 1.80 bits per heavy atom. The molecule has 0 aliphatic rings. The number of amides is 1. The predicted octanol–water partition coefficient (Wildman–Crippen LogP) is 3.59. The maximum Gasteiger partial charge on any atom is 0.266 e. The summed E-state index contributed by atoms with van der Waals surface area (Å²) in [7, 11) is 1.97. The lowest BCUT2D eigenvalue weighted by Crippen LogP contribution is -2.20. The van der Waals surface area contributed by atoms with Gasteiger partial charge in [0.1, 0.15) is 0 Å². The number of benzene rings is 2. The third kappa shape index (κ3) is 3.69. The Bertz CT molecular complexity index is 1270. The second kappa shape index (κ2) is 7.87. The molecular formula is C23H23N5O2. The van der Waals surface area contributed by atoms with Gasteiger partial charge in [-0.25, -0.2) is 9.50 Å². The molecule has 0 saturated carbocycles. The van der Waals surface area contributed by atoms with Gasteiger partial charge in [-0.3, -0.25) is 14.7 Å². The molecule has 2 aromatic heterocycles. The Hall–Kier alpha value is -3.87. The summed E-state index contributed by atoms with van der Waals surface area (Å²) in [4.78, 5) is 31.0. The minimum Gasteiger partial charge on any atom is -0.343 e. The molecule has 2 aromatic carbocycles. The van der Waals surface area contributed by atoms with Gasteiger partial charge in [-0.05, 0) is 38.1 Å². The molecule has 0 unspecified atom stereocenters. The van der Waals surface area contributed by atoms with Gasteiger partial charge in [0.2, 0.25) is 5.91 Å². The second-order valence-electron chi connectivity index (χ2n) is 7.21. The van der Waals surface area contributed by atoms with Gasteiger partial charge < -0.3 is 10.2 Å². The van der Waals surface area contributed by atoms with Crippen LogP contribution in [-0.4, -0.2) is 27.6 Å². The van der Waals surface area contributed by atoms with E-state index in [0.29, 0.717) is 5.65 Å². The number of aromatic nitrogens is 3. The summed E-state index contributed by atoms with van der Waals surface area (Å²) in [5, 5.41) is 5.75. The van der Waals surface area contributed by atoms with Crippen LogP contribution in [0.1, 0.15) is 17.0 Å². The van der Waals surface area contributed by atoms with Crippen molar-refractivity contribution in [2.45, 2.75) is 20.3 Å². The van der Waals surface area contributed by atoms with E-state index in [1.54, 1.807) is 4.52 Å². The zero-order valence-corrected chi connectivity index (χ0v) is 17.1. The largest absolute Gasteiger partial charge is 0.343 e. The Balaban J connectivity index is 1.60. The minimum atomic E-state index is -0.218. The van der Waals surface area contributed by atoms with Crippen LogP contribution in [0.4, 0.5) is 17.1 Å². The maximum absolute atomic E-state index is 12.9. The van der Waals surface area contributed by atoms with Crippen molar-refractivity contribution >= 4 is 28.6 Å². The molecule has 0 saturated heterocycles. The van der Waals surface area contributed by atoms with Crippen molar-refractivity contribution in [3.05, 3.63) is 88.0 Å². The van der Waals surface area contributed by atoms with E-state index in [1.165, 1.54) is 6.07 Å². The Labute approximate surface area is 174 Å². The van der Waals surface area contributed by atoms with E-state index in [4.69, 9.17) is 0 Å². The average molecular weight is 401 g/mol. The Kier molecular flexibility index (Phi) is 5.10. The number of nitrogens with zero attached hydrogens (tertiary/aromatic N) is 3. The van der Waals surface area contributed by atoms with E-state index < -0.39 is 0 Å². The van der Waals surface area contributed by atoms with Gasteiger partial charge in [0.25, 0.3) is 5.56 Å². The zero-order valence-electron chi connectivity index (χ0n) is 17.1. The fourth-order valence-electron chi connectivity index (χ4n) is 3.63. The molecule has 4 rings (SSSR count). The van der Waals surface area contributed by atoms with Crippen LogP contribution in [0.15, 0.2) is 65.5 Å². The van der Waals surface area contributed by atoms with Gasteiger partial charge in [-0.2, -0.15) is 0 Å². The summed E-state index contributed by atoms with van der Waals surface area (Å²) < 4.78 is 1.62. The van der Waals surface area contributed by atoms with Crippen LogP contribution in [-0.2, 0) is 11.2 Å². The summed E-state index contributed by atoms with van der Waals surface area (Å²) in [6, 6.07) is 19.1. The maximum atomic E-state index is 12.9. The fourth-order valence-corrected chi connectivity index (χ4v) is 3.63. The Morgan fingerprint density at radius 1 is 1.10 bits per heavy atom. The minimum absolute atomic E-state index is 0.147. The number of hydrogen-bond donors (Lipinski definition) is 2. The highest BCUT2D eigenvalue weighted by Gasteiger charge is 2.16. The average Bonchev–Trinajstić information content (AvgIpc) is 3.12. The third-order valence-electron chi connectivity index (χ3n) is 5.22. The molecule has 2 heterocycles. The molecular weight excluding hydrogens is 378 g/mol. The van der Waals surface area contributed by atoms with E-state index in [2.05, 4.69) is 15.4 Å². The number of carbonyl (C=O) groups excluding carboxylic acids is 1. The van der Waals surface area contributed by atoms with Crippen molar-refractivity contribution in [1.82, 2.24) is 14.6 Å². The monoisotopic (exact) mass is 401 g/mol. The van der Waals surface area contributed by atoms with Crippen molar-refractivity contribution in [2.75, 3.05) is 17.3 Å². The van der Waals surface area contributed by atoms with Crippen molar-refractivity contribution in [2.24, 2.45) is 0 Å². The van der Waals surface area contributed by atoms with Crippen LogP contribution in [0.2, 0.25) is 0 Å². The predicted molar refractivity (Wildman–Crippen MR) is 119 cm³/mol. The number of aryl methyl sites for hydroxylation is 2. The molecule has 0 aliphatic heterocycles. The molecule has 1 amide bonds. The highest BCUT2D eigenvalue weighted by molar-refractivity contribution is 5.96. The number of anilines is 3. The first-order valence-corrected chi connectivity index (χ1v) is 9.69. The van der Waals surface area contributed by atoms with Crippen LogP contribution in [0.3, 0.4) is 0 Å². The SMILES string of the molecule is Cc1nc2cc(=O)[nH]n2c(C)c1CC(=O)Nc1ccccc1N(C)c1ccccc1. The number of hydrogen-bond acceptors (Lipinski definition) is 4. The van der Waals surface area contributed by atoms with Crippen LogP contribution in [0.5, 0.6) is 0 Å². The van der Waals surface area contributed by atoms with Crippen LogP contribution in [0.25, 0.3) is 5.65 Å². The van der Waals surface area contributed by atoms with Crippen LogP contribution < -0.4 is 15.8 Å². The van der Waals surface area contributed by atoms with Crippen molar-refractivity contribution < 1.29 is 4.79 Å². The first-order chi connectivity index (χ1) is 14.4. The number of para-hydroxylation sites is 3. The summed E-state index contributed by atoms with van der Waals surface area (Å²) in [5.74, 6) is -0.147. The molecule has 0 aliphatic carbocycles. The van der Waals surface area contributed by atoms with Gasteiger partial charge >= 0.3 is 0 Å². The summed E-state index contributed by atoms with van der Waals surface area (Å²) in [6.45, 7) is 3.72. The quantitative estimate of drug-likeness (QED) is 0.535. The molecule has 7 heteroatoms. The molecule has 4 aromatic rings. The molecule has 152 valence electrons. The molecule has 30 heavy (non-hydrogen) atoms. The summed E-state index contributed by atoms with van der Waals surface area (Å²) in [6.07, 6.45) is 0.157. The zero-order chi connectivity index (χ0) is 21.3. The molecule has 0 bridgehead atoms. The highest BCUT2D eigenvalue weighted by Crippen LogP contribution is 2.30. The van der Waals surface area contributed by atoms with E-state index in [-0.39, 0.29) is 17.9 Å². The van der Waals surface area contributed by atoms with Crippen LogP contribution in [0, 0.1) is 13.8 Å². The lowest BCUT2D eigenvalue weighted by molar-refractivity contribution is -0.115. The van der Waals surface area contributed by atoms with Gasteiger partial charge in [0, 0.05) is 35.8 Å². The van der Waals surface area contributed by atoms with Crippen molar-refractivity contribution in [3.8, 4) is 0 Å². The van der Waals surface area contributed by atoms with E-state index in [1.807, 2.05) is 80.4 Å². The first kappa shape index (κ1) is 19.4. The standard InChI is InChI=1S/C23H23N5O2/c1-15-18(16(2)28-21(24-15)14-23(30)26-28)13-22(29)25-19-11-7-8-12-20(19)27(3)17-9-5-4-6-10-17/h4-12,14H,13H2,1-3H3,(H,25,29)(H,26,30). The highest BCUT2D eigenvalue weighted by atomic mass is 16.1. The normalized spacial score (nSPS) is 10.9. The second-order valence-corrected chi connectivity index (χ2v) is 7.21. The molecule has 0 fully saturated rings. The van der Waals surface area contributed by atoms with Crippen molar-refractivity contribution in [3.63, 3.8) is 0 Å². The molecule has 7 nitrogen and oxygen atoms in total. The van der Waals surface area contributed by atoms with Crippen LogP contribution >= 0.6 is 0 Å². The Morgan fingerprint density at radius 3 is 2.57 bits per heavy atom. The molecule has 0 spiro atoms. The fraction of sp³-hybridized carbons (Fsp3) is 0.174. The smallest absolute Gasteiger partial charge is 0.266 e. The third-order valence-corrected chi connectivity index (χ3v) is 5.22. The van der Waals surface area contributed by atoms with E-state index in [0.717, 1.165) is 34.0 Å². The molecule has 0 radical (unpaired) electrons. The van der Waals surface area contributed by atoms with Crippen molar-refractivity contribution in [1.29, 1.82) is 0 Å². The number of nitrogens with one attached hydrogen (secondary N) is 2. The van der Waals surface area contributed by atoms with E-state index in [9.17, 15) is 9.59 Å². The van der Waals surface area contributed by atoms with E-state index >= 15 is 0 Å². The first-order valence-electron chi connectivity index (χ1n) is 9.69. The van der Waals surface area contributed by atoms with Gasteiger partial charge in [0.05, 0.1) is 17.8 Å². The number of H-pyrrole nitrogens is 1. The number of aromatic amines is 1. The van der Waals surface area contributed by atoms with Gasteiger partial charge in [0.15, 0.2) is 5.65 Å². The lowest BCUT2D eigenvalue weighted by atomic mass is 10.1. The van der Waals surface area contributed by atoms with Gasteiger partial charge in [-0.15, -0.1) is 0 Å². The lowest BCUT2D eigenvalue weighted by Gasteiger charge is -2.23. The molecule has 0 atom stereocenters. The number of fused-ring (bicyclic) bond motifs is 1. The summed E-state index contributed by atoms with van der Waals surface area (Å²) in [5.41, 5.74) is 5.30. The van der Waals surface area contributed by atoms with Gasteiger partial charge in [-0.1, -0.05) is 30.3 Å². The number of carbonyl (C=O) groups is 1.